The molecule has 1 N–H and O–H groups in total. The fraction of sp³-hybridized carbons (Fsp3) is 0.615. The van der Waals surface area contributed by atoms with Gasteiger partial charge in [0.05, 0.1) is 18.0 Å². The highest BCUT2D eigenvalue weighted by Gasteiger charge is 2.18. The van der Waals surface area contributed by atoms with E-state index in [9.17, 15) is 5.11 Å². The molecular formula is C13H20N2O. The number of aromatic nitrogens is 1. The summed E-state index contributed by atoms with van der Waals surface area (Å²) < 4.78 is 0. The van der Waals surface area contributed by atoms with Gasteiger partial charge in [-0.2, -0.15) is 0 Å². The smallest absolute Gasteiger partial charge is 0.0715 e. The highest BCUT2D eigenvalue weighted by atomic mass is 16.3. The van der Waals surface area contributed by atoms with Gasteiger partial charge in [-0.25, -0.2) is 0 Å². The normalized spacial score (nSPS) is 21.5. The number of aliphatic hydroxyl groups is 1. The molecule has 0 aromatic carbocycles. The van der Waals surface area contributed by atoms with Crippen LogP contribution < -0.4 is 4.90 Å². The molecule has 2 rings (SSSR count). The van der Waals surface area contributed by atoms with Crippen molar-refractivity contribution < 1.29 is 5.11 Å². The number of β-amino-alcohol motifs (C(OH)–C–C–N with tert-alkyl or cyclic N) is 1. The Bertz CT molecular complexity index is 352. The maximum Gasteiger partial charge on any atom is 0.0715 e. The average molecular weight is 220 g/mol. The Hall–Kier alpha value is -1.09. The molecule has 1 aliphatic rings. The van der Waals surface area contributed by atoms with E-state index in [2.05, 4.69) is 29.8 Å². The molecule has 0 bridgehead atoms. The van der Waals surface area contributed by atoms with Crippen molar-refractivity contribution in [2.24, 2.45) is 0 Å². The van der Waals surface area contributed by atoms with Gasteiger partial charge in [0, 0.05) is 19.3 Å². The molecule has 3 nitrogen and oxygen atoms in total. The van der Waals surface area contributed by atoms with Gasteiger partial charge in [-0.1, -0.05) is 13.8 Å². The summed E-state index contributed by atoms with van der Waals surface area (Å²) in [5.41, 5.74) is 2.41. The minimum atomic E-state index is -0.184. The minimum Gasteiger partial charge on any atom is -0.391 e. The lowest BCUT2D eigenvalue weighted by atomic mass is 10.0. The summed E-state index contributed by atoms with van der Waals surface area (Å²) in [7, 11) is 0. The zero-order valence-electron chi connectivity index (χ0n) is 10.1. The van der Waals surface area contributed by atoms with Gasteiger partial charge in [-0.15, -0.1) is 0 Å². The zero-order chi connectivity index (χ0) is 11.5. The summed E-state index contributed by atoms with van der Waals surface area (Å²) >= 11 is 0. The average Bonchev–Trinajstić information content (AvgIpc) is 2.29. The Morgan fingerprint density at radius 3 is 2.94 bits per heavy atom. The van der Waals surface area contributed by atoms with Crippen molar-refractivity contribution in [2.45, 2.75) is 38.7 Å². The maximum absolute atomic E-state index is 9.66. The second-order valence-electron chi connectivity index (χ2n) is 4.87. The van der Waals surface area contributed by atoms with E-state index < -0.39 is 0 Å². The molecular weight excluding hydrogens is 200 g/mol. The third-order valence-corrected chi connectivity index (χ3v) is 3.17. The molecule has 0 radical (unpaired) electrons. The summed E-state index contributed by atoms with van der Waals surface area (Å²) in [6.45, 7) is 6.11. The van der Waals surface area contributed by atoms with Crippen LogP contribution >= 0.6 is 0 Å². The largest absolute Gasteiger partial charge is 0.391 e. The van der Waals surface area contributed by atoms with Crippen LogP contribution in [0.25, 0.3) is 0 Å². The number of piperidine rings is 1. The Balaban J connectivity index is 2.16. The van der Waals surface area contributed by atoms with Crippen LogP contribution in [0.4, 0.5) is 5.69 Å². The molecule has 1 unspecified atom stereocenters. The molecule has 1 atom stereocenters. The number of pyridine rings is 1. The lowest BCUT2D eigenvalue weighted by Gasteiger charge is -2.32. The SMILES string of the molecule is CC(C)c1cncc(N2CCCC(O)C2)c1. The fourth-order valence-corrected chi connectivity index (χ4v) is 2.12. The van der Waals surface area contributed by atoms with E-state index in [1.165, 1.54) is 5.56 Å². The first kappa shape index (κ1) is 11.4. The topological polar surface area (TPSA) is 36.4 Å². The summed E-state index contributed by atoms with van der Waals surface area (Å²) in [6, 6.07) is 2.19. The van der Waals surface area contributed by atoms with Gasteiger partial charge in [-0.3, -0.25) is 4.98 Å². The lowest BCUT2D eigenvalue weighted by Crippen LogP contribution is -2.38. The predicted molar refractivity (Wildman–Crippen MR) is 65.8 cm³/mol. The van der Waals surface area contributed by atoms with E-state index in [-0.39, 0.29) is 6.10 Å². The van der Waals surface area contributed by atoms with Crippen LogP contribution in [0.5, 0.6) is 0 Å². The molecule has 0 saturated carbocycles. The molecule has 1 aliphatic heterocycles. The van der Waals surface area contributed by atoms with Gasteiger partial charge in [0.2, 0.25) is 0 Å². The van der Waals surface area contributed by atoms with Gasteiger partial charge in [0.1, 0.15) is 0 Å². The van der Waals surface area contributed by atoms with Crippen molar-refractivity contribution in [3.05, 3.63) is 24.0 Å². The van der Waals surface area contributed by atoms with E-state index in [4.69, 9.17) is 0 Å². The summed E-state index contributed by atoms with van der Waals surface area (Å²) in [5.74, 6) is 0.502. The molecule has 1 aromatic rings. The number of anilines is 1. The first-order valence-electron chi connectivity index (χ1n) is 6.05. The van der Waals surface area contributed by atoms with Crippen molar-refractivity contribution >= 4 is 5.69 Å². The van der Waals surface area contributed by atoms with E-state index in [1.54, 1.807) is 0 Å². The van der Waals surface area contributed by atoms with Crippen molar-refractivity contribution in [2.75, 3.05) is 18.0 Å². The number of aliphatic hydroxyl groups excluding tert-OH is 1. The van der Waals surface area contributed by atoms with Gasteiger partial charge in [0.15, 0.2) is 0 Å². The van der Waals surface area contributed by atoms with Gasteiger partial charge in [-0.05, 0) is 30.4 Å². The highest BCUT2D eigenvalue weighted by molar-refractivity contribution is 5.47. The second kappa shape index (κ2) is 4.83. The van der Waals surface area contributed by atoms with Crippen LogP contribution in [-0.4, -0.2) is 29.3 Å². The lowest BCUT2D eigenvalue weighted by molar-refractivity contribution is 0.154. The fourth-order valence-electron chi connectivity index (χ4n) is 2.12. The maximum atomic E-state index is 9.66. The summed E-state index contributed by atoms with van der Waals surface area (Å²) in [6.07, 6.45) is 5.62. The summed E-state index contributed by atoms with van der Waals surface area (Å²) in [4.78, 5) is 6.51. The third kappa shape index (κ3) is 2.53. The van der Waals surface area contributed by atoms with E-state index in [0.29, 0.717) is 5.92 Å². The van der Waals surface area contributed by atoms with Crippen molar-refractivity contribution in [3.63, 3.8) is 0 Å². The third-order valence-electron chi connectivity index (χ3n) is 3.17. The quantitative estimate of drug-likeness (QED) is 0.829. The monoisotopic (exact) mass is 220 g/mol. The Labute approximate surface area is 97.1 Å². The second-order valence-corrected chi connectivity index (χ2v) is 4.87. The first-order valence-corrected chi connectivity index (χ1v) is 6.05. The molecule has 0 amide bonds. The van der Waals surface area contributed by atoms with E-state index in [1.807, 2.05) is 12.4 Å². The predicted octanol–water partition coefficient (Wildman–Crippen LogP) is 2.17. The Morgan fingerprint density at radius 1 is 1.44 bits per heavy atom. The van der Waals surface area contributed by atoms with E-state index >= 15 is 0 Å². The van der Waals surface area contributed by atoms with Crippen molar-refractivity contribution in [1.82, 2.24) is 4.98 Å². The van der Waals surface area contributed by atoms with Crippen LogP contribution in [0.1, 0.15) is 38.2 Å². The Kier molecular flexibility index (Phi) is 3.44. The molecule has 0 aliphatic carbocycles. The zero-order valence-corrected chi connectivity index (χ0v) is 10.1. The van der Waals surface area contributed by atoms with E-state index in [0.717, 1.165) is 31.6 Å². The highest BCUT2D eigenvalue weighted by Crippen LogP contribution is 2.23. The molecule has 3 heteroatoms. The molecule has 88 valence electrons. The van der Waals surface area contributed by atoms with Gasteiger partial charge >= 0.3 is 0 Å². The molecule has 1 saturated heterocycles. The Morgan fingerprint density at radius 2 is 2.25 bits per heavy atom. The molecule has 1 fully saturated rings. The summed E-state index contributed by atoms with van der Waals surface area (Å²) in [5, 5.41) is 9.66. The molecule has 1 aromatic heterocycles. The van der Waals surface area contributed by atoms with Crippen molar-refractivity contribution in [3.8, 4) is 0 Å². The number of rotatable bonds is 2. The van der Waals surface area contributed by atoms with Gasteiger partial charge in [0.25, 0.3) is 0 Å². The van der Waals surface area contributed by atoms with Crippen LogP contribution in [0.3, 0.4) is 0 Å². The van der Waals surface area contributed by atoms with Crippen LogP contribution in [0, 0.1) is 0 Å². The molecule has 2 heterocycles. The first-order chi connectivity index (χ1) is 7.66. The van der Waals surface area contributed by atoms with Crippen molar-refractivity contribution in [1.29, 1.82) is 0 Å². The van der Waals surface area contributed by atoms with Crippen LogP contribution in [-0.2, 0) is 0 Å². The molecule has 16 heavy (non-hydrogen) atoms. The standard InChI is InChI=1S/C13H20N2O/c1-10(2)11-6-12(8-14-7-11)15-5-3-4-13(16)9-15/h6-8,10,13,16H,3-5,9H2,1-2H3. The molecule has 0 spiro atoms. The van der Waals surface area contributed by atoms with Crippen LogP contribution in [0.2, 0.25) is 0 Å². The minimum absolute atomic E-state index is 0.184. The number of hydrogen-bond acceptors (Lipinski definition) is 3. The van der Waals surface area contributed by atoms with Crippen LogP contribution in [0.15, 0.2) is 18.5 Å². The van der Waals surface area contributed by atoms with Gasteiger partial charge < -0.3 is 10.0 Å². The number of nitrogens with zero attached hydrogens (tertiary/aromatic N) is 2. The number of hydrogen-bond donors (Lipinski definition) is 1.